The first kappa shape index (κ1) is 15.1. The van der Waals surface area contributed by atoms with Crippen LogP contribution in [-0.4, -0.2) is 11.2 Å². The summed E-state index contributed by atoms with van der Waals surface area (Å²) in [5, 5.41) is 11.6. The third kappa shape index (κ3) is 2.90. The predicted octanol–water partition coefficient (Wildman–Crippen LogP) is 5.13. The van der Waals surface area contributed by atoms with Crippen molar-refractivity contribution >= 4 is 27.5 Å². The van der Waals surface area contributed by atoms with Gasteiger partial charge in [0.2, 0.25) is 0 Å². The summed E-state index contributed by atoms with van der Waals surface area (Å²) in [6.45, 7) is 0. The van der Waals surface area contributed by atoms with Gasteiger partial charge in [0.05, 0.1) is 6.10 Å². The van der Waals surface area contributed by atoms with Crippen molar-refractivity contribution in [1.29, 1.82) is 0 Å². The second kappa shape index (κ2) is 6.12. The Kier molecular flexibility index (Phi) is 4.39. The molecule has 1 atom stereocenters. The van der Waals surface area contributed by atoms with E-state index in [0.717, 1.165) is 22.9 Å². The van der Waals surface area contributed by atoms with Crippen LogP contribution < -0.4 is 0 Å². The molecule has 110 valence electrons. The van der Waals surface area contributed by atoms with Gasteiger partial charge in [-0.15, -0.1) is 0 Å². The molecule has 1 nitrogen and oxygen atoms in total. The van der Waals surface area contributed by atoms with E-state index in [2.05, 4.69) is 40.2 Å². The fourth-order valence-electron chi connectivity index (χ4n) is 3.23. The molecule has 1 saturated carbocycles. The molecule has 1 unspecified atom stereocenters. The van der Waals surface area contributed by atoms with Crippen LogP contribution in [0.25, 0.3) is 0 Å². The first-order valence-electron chi connectivity index (χ1n) is 7.29. The number of aliphatic hydroxyl groups is 1. The van der Waals surface area contributed by atoms with Crippen LogP contribution in [0.1, 0.15) is 30.4 Å². The SMILES string of the molecule is OC(Cc1ccc(Br)cc1Cl)C1(c2ccccc2)CCC1. The zero-order valence-electron chi connectivity index (χ0n) is 11.7. The normalized spacial score (nSPS) is 18.0. The largest absolute Gasteiger partial charge is 0.392 e. The third-order valence-corrected chi connectivity index (χ3v) is 5.51. The minimum atomic E-state index is -0.396. The zero-order chi connectivity index (χ0) is 14.9. The number of halogens is 2. The molecule has 3 rings (SSSR count). The van der Waals surface area contributed by atoms with Gasteiger partial charge in [-0.3, -0.25) is 0 Å². The predicted molar refractivity (Wildman–Crippen MR) is 90.8 cm³/mol. The average Bonchev–Trinajstić information content (AvgIpc) is 2.42. The molecule has 0 bridgehead atoms. The van der Waals surface area contributed by atoms with E-state index in [-0.39, 0.29) is 5.41 Å². The maximum Gasteiger partial charge on any atom is 0.0677 e. The van der Waals surface area contributed by atoms with Gasteiger partial charge in [-0.1, -0.05) is 70.3 Å². The van der Waals surface area contributed by atoms with Crippen molar-refractivity contribution in [2.45, 2.75) is 37.2 Å². The van der Waals surface area contributed by atoms with E-state index in [1.165, 1.54) is 12.0 Å². The number of benzene rings is 2. The molecule has 0 radical (unpaired) electrons. The highest BCUT2D eigenvalue weighted by molar-refractivity contribution is 9.10. The number of aliphatic hydroxyl groups excluding tert-OH is 1. The fourth-order valence-corrected chi connectivity index (χ4v) is 3.98. The summed E-state index contributed by atoms with van der Waals surface area (Å²) in [6, 6.07) is 16.2. The summed E-state index contributed by atoms with van der Waals surface area (Å²) in [5.74, 6) is 0. The molecule has 0 aliphatic heterocycles. The lowest BCUT2D eigenvalue weighted by molar-refractivity contribution is 0.0286. The lowest BCUT2D eigenvalue weighted by Crippen LogP contribution is -2.46. The van der Waals surface area contributed by atoms with Gasteiger partial charge in [0.25, 0.3) is 0 Å². The van der Waals surface area contributed by atoms with Crippen LogP contribution in [0.2, 0.25) is 5.02 Å². The molecule has 3 heteroatoms. The van der Waals surface area contributed by atoms with Gasteiger partial charge in [-0.25, -0.2) is 0 Å². The summed E-state index contributed by atoms with van der Waals surface area (Å²) in [6.07, 6.45) is 3.48. The van der Waals surface area contributed by atoms with E-state index < -0.39 is 6.10 Å². The first-order chi connectivity index (χ1) is 10.1. The van der Waals surface area contributed by atoms with Crippen molar-refractivity contribution in [3.63, 3.8) is 0 Å². The van der Waals surface area contributed by atoms with E-state index in [9.17, 15) is 5.11 Å². The summed E-state index contributed by atoms with van der Waals surface area (Å²) in [7, 11) is 0. The Bertz CT molecular complexity index is 622. The van der Waals surface area contributed by atoms with Gasteiger partial charge in [0, 0.05) is 21.3 Å². The monoisotopic (exact) mass is 364 g/mol. The molecule has 21 heavy (non-hydrogen) atoms. The third-order valence-electron chi connectivity index (χ3n) is 4.66. The molecular weight excluding hydrogens is 348 g/mol. The summed E-state index contributed by atoms with van der Waals surface area (Å²) < 4.78 is 0.965. The van der Waals surface area contributed by atoms with Crippen molar-refractivity contribution in [2.24, 2.45) is 0 Å². The highest BCUT2D eigenvalue weighted by atomic mass is 79.9. The Labute approximate surface area is 139 Å². The Balaban J connectivity index is 1.85. The number of hydrogen-bond acceptors (Lipinski definition) is 1. The van der Waals surface area contributed by atoms with Crippen LogP contribution in [0.3, 0.4) is 0 Å². The lowest BCUT2D eigenvalue weighted by atomic mass is 9.60. The molecule has 1 fully saturated rings. The Morgan fingerprint density at radius 3 is 2.43 bits per heavy atom. The standard InChI is InChI=1S/C18H18BrClO/c19-15-8-7-13(16(20)12-15)11-17(21)18(9-4-10-18)14-5-2-1-3-6-14/h1-3,5-8,12,17,21H,4,9-11H2. The van der Waals surface area contributed by atoms with Crippen molar-refractivity contribution in [1.82, 2.24) is 0 Å². The van der Waals surface area contributed by atoms with Crippen LogP contribution in [0.4, 0.5) is 0 Å². The molecular formula is C18H18BrClO. The summed E-state index contributed by atoms with van der Waals surface area (Å²) in [4.78, 5) is 0. The van der Waals surface area contributed by atoms with E-state index in [1.54, 1.807) is 0 Å². The van der Waals surface area contributed by atoms with Crippen LogP contribution in [0, 0.1) is 0 Å². The van der Waals surface area contributed by atoms with Crippen LogP contribution in [0.5, 0.6) is 0 Å². The van der Waals surface area contributed by atoms with Crippen molar-refractivity contribution in [3.8, 4) is 0 Å². The van der Waals surface area contributed by atoms with Crippen molar-refractivity contribution < 1.29 is 5.11 Å². The fraction of sp³-hybridized carbons (Fsp3) is 0.333. The highest BCUT2D eigenvalue weighted by Gasteiger charge is 2.44. The van der Waals surface area contributed by atoms with Crippen LogP contribution >= 0.6 is 27.5 Å². The quantitative estimate of drug-likeness (QED) is 0.796. The van der Waals surface area contributed by atoms with E-state index in [4.69, 9.17) is 11.6 Å². The van der Waals surface area contributed by atoms with E-state index in [0.29, 0.717) is 11.4 Å². The molecule has 0 saturated heterocycles. The first-order valence-corrected chi connectivity index (χ1v) is 8.46. The molecule has 1 aliphatic carbocycles. The number of rotatable bonds is 4. The molecule has 0 heterocycles. The molecule has 2 aromatic carbocycles. The molecule has 1 aliphatic rings. The van der Waals surface area contributed by atoms with E-state index >= 15 is 0 Å². The second-order valence-electron chi connectivity index (χ2n) is 5.83. The van der Waals surface area contributed by atoms with Gasteiger partial charge < -0.3 is 5.11 Å². The summed E-state index contributed by atoms with van der Waals surface area (Å²) >= 11 is 9.71. The Morgan fingerprint density at radius 1 is 1.14 bits per heavy atom. The highest BCUT2D eigenvalue weighted by Crippen LogP contribution is 2.47. The van der Waals surface area contributed by atoms with E-state index in [1.807, 2.05) is 24.3 Å². The topological polar surface area (TPSA) is 20.2 Å². The Morgan fingerprint density at radius 2 is 1.86 bits per heavy atom. The Hall–Kier alpha value is -0.830. The van der Waals surface area contributed by atoms with Crippen LogP contribution in [0.15, 0.2) is 53.0 Å². The van der Waals surface area contributed by atoms with Crippen molar-refractivity contribution in [2.75, 3.05) is 0 Å². The van der Waals surface area contributed by atoms with Gasteiger partial charge in [0.1, 0.15) is 0 Å². The summed E-state index contributed by atoms with van der Waals surface area (Å²) in [5.41, 5.74) is 2.16. The smallest absolute Gasteiger partial charge is 0.0677 e. The molecule has 2 aromatic rings. The van der Waals surface area contributed by atoms with Gasteiger partial charge >= 0.3 is 0 Å². The average molecular weight is 366 g/mol. The van der Waals surface area contributed by atoms with Gasteiger partial charge in [-0.05, 0) is 36.1 Å². The van der Waals surface area contributed by atoms with Crippen molar-refractivity contribution in [3.05, 3.63) is 69.2 Å². The zero-order valence-corrected chi connectivity index (χ0v) is 14.1. The number of hydrogen-bond donors (Lipinski definition) is 1. The second-order valence-corrected chi connectivity index (χ2v) is 7.15. The molecule has 1 N–H and O–H groups in total. The minimum Gasteiger partial charge on any atom is -0.392 e. The molecule has 0 amide bonds. The maximum absolute atomic E-state index is 10.8. The molecule has 0 aromatic heterocycles. The molecule has 0 spiro atoms. The minimum absolute atomic E-state index is 0.0995. The maximum atomic E-state index is 10.8. The van der Waals surface area contributed by atoms with Gasteiger partial charge in [-0.2, -0.15) is 0 Å². The van der Waals surface area contributed by atoms with Gasteiger partial charge in [0.15, 0.2) is 0 Å². The van der Waals surface area contributed by atoms with Crippen LogP contribution in [-0.2, 0) is 11.8 Å². The lowest BCUT2D eigenvalue weighted by Gasteiger charge is -2.46.